The minimum absolute atomic E-state index is 0.925. The Morgan fingerprint density at radius 2 is 2.00 bits per heavy atom. The van der Waals surface area contributed by atoms with E-state index in [9.17, 15) is 0 Å². The third-order valence-corrected chi connectivity index (χ3v) is 5.82. The van der Waals surface area contributed by atoms with Crippen LogP contribution in [0.2, 0.25) is 0 Å². The highest BCUT2D eigenvalue weighted by molar-refractivity contribution is 7.99. The highest BCUT2D eigenvalue weighted by Gasteiger charge is 2.11. The van der Waals surface area contributed by atoms with Gasteiger partial charge < -0.3 is 4.90 Å². The van der Waals surface area contributed by atoms with Gasteiger partial charge in [0.15, 0.2) is 0 Å². The summed E-state index contributed by atoms with van der Waals surface area (Å²) in [5, 5.41) is 3.67. The molecule has 1 fully saturated rings. The van der Waals surface area contributed by atoms with Crippen molar-refractivity contribution in [1.29, 1.82) is 0 Å². The number of benzene rings is 1. The fraction of sp³-hybridized carbons (Fsp3) is 0.438. The molecule has 0 radical (unpaired) electrons. The minimum Gasteiger partial charge on any atom is -0.363 e. The lowest BCUT2D eigenvalue weighted by Crippen LogP contribution is -2.58. The Kier molecular flexibility index (Phi) is 7.95. The van der Waals surface area contributed by atoms with E-state index in [1.165, 1.54) is 40.2 Å². The summed E-state index contributed by atoms with van der Waals surface area (Å²) in [7, 11) is -2.53. The van der Waals surface area contributed by atoms with Gasteiger partial charge in [-0.25, -0.2) is 0 Å². The monoisotopic (exact) mass is 404 g/mol. The van der Waals surface area contributed by atoms with E-state index in [1.807, 2.05) is 23.1 Å². The predicted octanol–water partition coefficient (Wildman–Crippen LogP) is 0.384. The summed E-state index contributed by atoms with van der Waals surface area (Å²) in [4.78, 5) is 8.49. The van der Waals surface area contributed by atoms with Crippen LogP contribution in [0.3, 0.4) is 0 Å². The minimum atomic E-state index is -4.69. The van der Waals surface area contributed by atoms with Crippen molar-refractivity contribution in [3.05, 3.63) is 29.6 Å². The van der Waals surface area contributed by atoms with Gasteiger partial charge >= 0.3 is 0 Å². The number of halogens is 1. The van der Waals surface area contributed by atoms with E-state index >= 15 is 0 Å². The molecule has 138 valence electrons. The van der Waals surface area contributed by atoms with Crippen LogP contribution in [0.4, 0.5) is 0 Å². The van der Waals surface area contributed by atoms with Gasteiger partial charge in [0.1, 0.15) is 0 Å². The Labute approximate surface area is 157 Å². The molecule has 1 saturated heterocycles. The molecule has 0 saturated carbocycles. The number of fused-ring (bicyclic) bond motifs is 1. The van der Waals surface area contributed by atoms with Gasteiger partial charge in [0.05, 0.1) is 27.3 Å². The number of hydrogen-bond donors (Lipinski definition) is 1. The maximum Gasteiger partial charge on any atom is 0.0986 e. The Morgan fingerprint density at radius 3 is 2.72 bits per heavy atom. The Hall–Kier alpha value is -0.870. The van der Waals surface area contributed by atoms with Crippen molar-refractivity contribution >= 4 is 39.0 Å². The number of amidine groups is 1. The van der Waals surface area contributed by atoms with Crippen LogP contribution in [0.1, 0.15) is 19.3 Å². The molecule has 0 bridgehead atoms. The van der Waals surface area contributed by atoms with Crippen molar-refractivity contribution in [3.8, 4) is 0 Å². The number of thiophene rings is 1. The Balaban J connectivity index is 0.000000399. The van der Waals surface area contributed by atoms with Crippen LogP contribution in [-0.2, 0) is 0 Å². The number of likely N-dealkylation sites (tertiary alicyclic amines) is 1. The van der Waals surface area contributed by atoms with Gasteiger partial charge in [-0.1, -0.05) is 18.2 Å². The number of aliphatic imine (C=N–C) groups is 1. The highest BCUT2D eigenvalue weighted by Crippen LogP contribution is 2.33. The second-order valence-corrected chi connectivity index (χ2v) is 8.36. The number of nitrogens with zero attached hydrogens (tertiary/aromatic N) is 2. The normalized spacial score (nSPS) is 16.8. The van der Waals surface area contributed by atoms with Crippen molar-refractivity contribution in [1.82, 2.24) is 4.90 Å². The number of rotatable bonds is 4. The van der Waals surface area contributed by atoms with Gasteiger partial charge in [0, 0.05) is 46.1 Å². The second kappa shape index (κ2) is 9.72. The molecule has 0 spiro atoms. The average molecular weight is 405 g/mol. The summed E-state index contributed by atoms with van der Waals surface area (Å²) in [6.45, 7) is 2.09. The fourth-order valence-electron chi connectivity index (χ4n) is 2.55. The average Bonchev–Trinajstić information content (AvgIpc) is 2.95. The van der Waals surface area contributed by atoms with Crippen molar-refractivity contribution < 1.29 is 28.9 Å². The molecule has 1 aromatic heterocycles. The lowest BCUT2D eigenvalue weighted by Gasteiger charge is -2.26. The fourth-order valence-corrected chi connectivity index (χ4v) is 4.59. The molecule has 2 aromatic rings. The van der Waals surface area contributed by atoms with Crippen LogP contribution in [-0.4, -0.2) is 41.3 Å². The molecule has 1 aliphatic rings. The third-order valence-electron chi connectivity index (χ3n) is 3.67. The van der Waals surface area contributed by atoms with Crippen molar-refractivity contribution in [2.24, 2.45) is 4.99 Å². The lowest BCUT2D eigenvalue weighted by molar-refractivity contribution is -1.92. The van der Waals surface area contributed by atoms with Gasteiger partial charge in [-0.05, 0) is 18.9 Å². The highest BCUT2D eigenvalue weighted by atomic mass is 35.7. The number of thioether (sulfide) groups is 1. The first-order chi connectivity index (χ1) is 11.8. The molecule has 0 unspecified atom stereocenters. The van der Waals surface area contributed by atoms with E-state index in [1.54, 1.807) is 0 Å². The van der Waals surface area contributed by atoms with E-state index in [0.29, 0.717) is 0 Å². The molecule has 0 amide bonds. The van der Waals surface area contributed by atoms with Crippen LogP contribution in [0.25, 0.3) is 10.1 Å². The molecule has 9 heteroatoms. The topological polar surface area (TPSA) is 105 Å². The second-order valence-electron chi connectivity index (χ2n) is 5.52. The molecule has 1 N–H and O–H groups in total. The molecular weight excluding hydrogens is 384 g/mol. The summed E-state index contributed by atoms with van der Waals surface area (Å²) >= 11 is 3.77. The maximum atomic E-state index is 8.60. The number of piperidine rings is 1. The lowest BCUT2D eigenvalue weighted by atomic mass is 10.1. The summed E-state index contributed by atoms with van der Waals surface area (Å²) < 4.78 is 34.1. The molecule has 0 atom stereocenters. The summed E-state index contributed by atoms with van der Waals surface area (Å²) in [6, 6.07) is 8.64. The zero-order chi connectivity index (χ0) is 18.3. The van der Waals surface area contributed by atoms with Crippen LogP contribution in [0.5, 0.6) is 0 Å². The number of hydrogen-bond acceptors (Lipinski definition) is 7. The smallest absolute Gasteiger partial charge is 0.0986 e. The largest absolute Gasteiger partial charge is 0.363 e. The Bertz CT molecular complexity index is 697. The van der Waals surface area contributed by atoms with Gasteiger partial charge in [0.25, 0.3) is 0 Å². The molecule has 1 aromatic carbocycles. The zero-order valence-electron chi connectivity index (χ0n) is 13.9. The molecule has 25 heavy (non-hydrogen) atoms. The quantitative estimate of drug-likeness (QED) is 0.583. The van der Waals surface area contributed by atoms with Gasteiger partial charge in [0.2, 0.25) is 0 Å². The van der Waals surface area contributed by atoms with Crippen LogP contribution < -0.4 is 14.0 Å². The SMILES string of the molecule is CN1CCCCC1=NCCSc1csc2ccccc12.[O-][Cl+3]([O-])([O-])O. The van der Waals surface area contributed by atoms with E-state index in [4.69, 9.17) is 23.6 Å². The van der Waals surface area contributed by atoms with Crippen molar-refractivity contribution in [2.45, 2.75) is 24.2 Å². The summed E-state index contributed by atoms with van der Waals surface area (Å²) in [5.74, 6) is 2.37. The standard InChI is InChI=1S/C16H20N2S2.ClHO4/c1-18-10-5-4-8-16(18)17-9-11-19-15-12-20-14-7-3-2-6-13(14)15;2-1(3,4)5/h2-3,6-7,12H,4-5,8-11H2,1H3;(H,2,3,4,5). The van der Waals surface area contributed by atoms with E-state index in [0.717, 1.165) is 18.7 Å². The van der Waals surface area contributed by atoms with Gasteiger partial charge in [-0.2, -0.15) is 14.0 Å². The first kappa shape index (κ1) is 20.4. The molecule has 0 aliphatic carbocycles. The summed E-state index contributed by atoms with van der Waals surface area (Å²) in [6.07, 6.45) is 3.76. The van der Waals surface area contributed by atoms with E-state index in [2.05, 4.69) is 41.6 Å². The van der Waals surface area contributed by atoms with Crippen LogP contribution in [0, 0.1) is 10.2 Å². The van der Waals surface area contributed by atoms with Gasteiger partial charge in [-0.15, -0.1) is 23.1 Å². The zero-order valence-corrected chi connectivity index (χ0v) is 16.3. The molecule has 1 aliphatic heterocycles. The Morgan fingerprint density at radius 1 is 1.28 bits per heavy atom. The third kappa shape index (κ3) is 7.49. The molecule has 6 nitrogen and oxygen atoms in total. The predicted molar refractivity (Wildman–Crippen MR) is 93.6 cm³/mol. The van der Waals surface area contributed by atoms with E-state index in [-0.39, 0.29) is 0 Å². The first-order valence-corrected chi connectivity index (χ1v) is 10.9. The van der Waals surface area contributed by atoms with Crippen molar-refractivity contribution in [2.75, 3.05) is 25.9 Å². The molecular formula is C16H21ClN2O4S2. The van der Waals surface area contributed by atoms with Gasteiger partial charge in [-0.3, -0.25) is 4.99 Å². The van der Waals surface area contributed by atoms with Crippen LogP contribution in [0.15, 0.2) is 39.5 Å². The first-order valence-electron chi connectivity index (χ1n) is 7.81. The van der Waals surface area contributed by atoms with Crippen LogP contribution >= 0.6 is 23.1 Å². The maximum absolute atomic E-state index is 8.60. The van der Waals surface area contributed by atoms with E-state index < -0.39 is 10.2 Å². The molecule has 2 heterocycles. The van der Waals surface area contributed by atoms with Crippen molar-refractivity contribution in [3.63, 3.8) is 0 Å². The molecule has 3 rings (SSSR count). The summed E-state index contributed by atoms with van der Waals surface area (Å²) in [5.41, 5.74) is 0.